The number of pyridine rings is 1. The van der Waals surface area contributed by atoms with Gasteiger partial charge in [0, 0.05) is 29.8 Å². The van der Waals surface area contributed by atoms with Crippen LogP contribution in [0.5, 0.6) is 11.5 Å². The van der Waals surface area contributed by atoms with Crippen LogP contribution in [0.3, 0.4) is 0 Å². The van der Waals surface area contributed by atoms with Crippen molar-refractivity contribution in [2.45, 2.75) is 20.5 Å². The number of hydrogen-bond donors (Lipinski definition) is 1. The highest BCUT2D eigenvalue weighted by molar-refractivity contribution is 6.05. The van der Waals surface area contributed by atoms with Gasteiger partial charge in [0.25, 0.3) is 5.91 Å². The summed E-state index contributed by atoms with van der Waals surface area (Å²) in [4.78, 5) is 33.9. The quantitative estimate of drug-likeness (QED) is 0.247. The average Bonchev–Trinajstić information content (AvgIpc) is 2.95. The third-order valence-corrected chi connectivity index (χ3v) is 5.80. The Bertz CT molecular complexity index is 1700. The van der Waals surface area contributed by atoms with Crippen molar-refractivity contribution in [2.75, 3.05) is 5.32 Å². The van der Waals surface area contributed by atoms with Crippen molar-refractivity contribution >= 4 is 34.2 Å². The Morgan fingerprint density at radius 1 is 0.923 bits per heavy atom. The molecule has 0 saturated carbocycles. The Kier molecular flexibility index (Phi) is 7.45. The van der Waals surface area contributed by atoms with Crippen molar-refractivity contribution in [3.8, 4) is 11.5 Å². The van der Waals surface area contributed by atoms with Crippen molar-refractivity contribution in [3.63, 3.8) is 0 Å². The lowest BCUT2D eigenvalue weighted by molar-refractivity contribution is -0.142. The number of nitrogens with zero attached hydrogens (tertiary/aromatic N) is 2. The summed E-state index contributed by atoms with van der Waals surface area (Å²) in [5.74, 6) is 0.545. The van der Waals surface area contributed by atoms with Crippen LogP contribution in [0.2, 0.25) is 0 Å². The molecule has 0 aliphatic carbocycles. The maximum atomic E-state index is 13.4. The third-order valence-electron chi connectivity index (χ3n) is 5.80. The number of ether oxygens (including phenoxy) is 2. The first-order valence-corrected chi connectivity index (χ1v) is 12.3. The maximum Gasteiger partial charge on any atom is 0.302 e. The van der Waals surface area contributed by atoms with Crippen molar-refractivity contribution in [2.24, 2.45) is 4.99 Å². The minimum absolute atomic E-state index is 0.00621. The lowest BCUT2D eigenvalue weighted by Gasteiger charge is -2.11. The first-order valence-electron chi connectivity index (χ1n) is 12.3. The van der Waals surface area contributed by atoms with E-state index in [0.29, 0.717) is 39.4 Å². The van der Waals surface area contributed by atoms with Crippen LogP contribution >= 0.6 is 0 Å². The number of benzene rings is 3. The zero-order valence-corrected chi connectivity index (χ0v) is 21.4. The molecule has 0 saturated heterocycles. The summed E-state index contributed by atoms with van der Waals surface area (Å²) in [6.45, 7) is 3.12. The number of carbonyl (C=O) groups is 2. The molecule has 1 amide bonds. The van der Waals surface area contributed by atoms with Crippen molar-refractivity contribution in [3.05, 3.63) is 120 Å². The van der Waals surface area contributed by atoms with Crippen LogP contribution in [0, 0.1) is 6.92 Å². The Balaban J connectivity index is 1.58. The molecule has 0 aliphatic heterocycles. The standard InChI is InChI=1S/C31H25N3O5/c1-20-29-27(22(18-32-20)19-37-21(2)35)17-28(30(36)33-23-9-5-3-6-10-23)31(39-29)34-24-13-15-26(16-14-24)38-25-11-7-4-8-12-25/h3-18H,19H2,1-2H3,(H,33,36). The van der Waals surface area contributed by atoms with E-state index in [1.54, 1.807) is 55.6 Å². The molecule has 0 aliphatic rings. The number of aryl methyl sites for hydroxylation is 1. The zero-order chi connectivity index (χ0) is 27.2. The number of nitrogens with one attached hydrogen (secondary N) is 1. The van der Waals surface area contributed by atoms with Crippen LogP contribution in [0.1, 0.15) is 28.5 Å². The van der Waals surface area contributed by atoms with Crippen molar-refractivity contribution in [1.82, 2.24) is 4.98 Å². The van der Waals surface area contributed by atoms with Gasteiger partial charge in [-0.2, -0.15) is 0 Å². The van der Waals surface area contributed by atoms with Gasteiger partial charge in [0.15, 0.2) is 5.58 Å². The molecular weight excluding hydrogens is 494 g/mol. The van der Waals surface area contributed by atoms with Gasteiger partial charge in [0.2, 0.25) is 5.55 Å². The third kappa shape index (κ3) is 6.19. The summed E-state index contributed by atoms with van der Waals surface area (Å²) in [7, 11) is 0. The van der Waals surface area contributed by atoms with E-state index >= 15 is 0 Å². The Morgan fingerprint density at radius 2 is 1.59 bits per heavy atom. The van der Waals surface area contributed by atoms with E-state index in [1.807, 2.05) is 48.5 Å². The summed E-state index contributed by atoms with van der Waals surface area (Å²) < 4.78 is 17.3. The molecule has 3 aromatic carbocycles. The average molecular weight is 520 g/mol. The maximum absolute atomic E-state index is 13.4. The van der Waals surface area contributed by atoms with Gasteiger partial charge in [0.05, 0.1) is 11.4 Å². The highest BCUT2D eigenvalue weighted by atomic mass is 16.5. The van der Waals surface area contributed by atoms with Gasteiger partial charge in [-0.3, -0.25) is 14.6 Å². The molecule has 8 nitrogen and oxygen atoms in total. The van der Waals surface area contributed by atoms with Crippen LogP contribution in [-0.2, 0) is 16.1 Å². The van der Waals surface area contributed by atoms with Gasteiger partial charge < -0.3 is 19.2 Å². The lowest BCUT2D eigenvalue weighted by atomic mass is 10.1. The van der Waals surface area contributed by atoms with Crippen LogP contribution in [0.15, 0.2) is 107 Å². The fourth-order valence-electron chi connectivity index (χ4n) is 3.88. The Labute approximate surface area is 224 Å². The van der Waals surface area contributed by atoms with Crippen LogP contribution in [-0.4, -0.2) is 16.9 Å². The first-order chi connectivity index (χ1) is 19.0. The second-order valence-corrected chi connectivity index (χ2v) is 8.70. The molecule has 0 atom stereocenters. The molecule has 0 radical (unpaired) electrons. The molecule has 5 aromatic rings. The van der Waals surface area contributed by atoms with E-state index in [1.165, 1.54) is 6.92 Å². The fraction of sp³-hybridized carbons (Fsp3) is 0.0968. The highest BCUT2D eigenvalue weighted by Crippen LogP contribution is 2.25. The molecule has 0 unspecified atom stereocenters. The predicted molar refractivity (Wildman–Crippen MR) is 147 cm³/mol. The van der Waals surface area contributed by atoms with E-state index in [-0.39, 0.29) is 17.7 Å². The van der Waals surface area contributed by atoms with Crippen LogP contribution < -0.4 is 15.6 Å². The number of carbonyl (C=O) groups excluding carboxylic acids is 2. The number of esters is 1. The van der Waals surface area contributed by atoms with E-state index in [2.05, 4.69) is 15.3 Å². The monoisotopic (exact) mass is 519 g/mol. The second-order valence-electron chi connectivity index (χ2n) is 8.70. The molecule has 0 fully saturated rings. The summed E-state index contributed by atoms with van der Waals surface area (Å²) in [6, 6.07) is 27.4. The number of anilines is 1. The smallest absolute Gasteiger partial charge is 0.302 e. The molecule has 2 heterocycles. The normalized spacial score (nSPS) is 11.3. The zero-order valence-electron chi connectivity index (χ0n) is 21.4. The molecule has 194 valence electrons. The van der Waals surface area contributed by atoms with Gasteiger partial charge in [-0.15, -0.1) is 0 Å². The molecule has 0 spiro atoms. The minimum atomic E-state index is -0.422. The van der Waals surface area contributed by atoms with Gasteiger partial charge in [-0.05, 0) is 61.5 Å². The number of amides is 1. The summed E-state index contributed by atoms with van der Waals surface area (Å²) in [5.41, 5.74) is 3.18. The van der Waals surface area contributed by atoms with Gasteiger partial charge in [-0.25, -0.2) is 4.99 Å². The topological polar surface area (TPSA) is 103 Å². The SMILES string of the molecule is CC(=O)OCc1cnc(C)c2oc(=Nc3ccc(Oc4ccccc4)cc3)c(C(=O)Nc3ccccc3)cc12. The van der Waals surface area contributed by atoms with Crippen LogP contribution in [0.4, 0.5) is 11.4 Å². The number of fused-ring (bicyclic) bond motifs is 1. The highest BCUT2D eigenvalue weighted by Gasteiger charge is 2.17. The van der Waals surface area contributed by atoms with Crippen LogP contribution in [0.25, 0.3) is 11.0 Å². The molecule has 1 N–H and O–H groups in total. The van der Waals surface area contributed by atoms with E-state index in [9.17, 15) is 9.59 Å². The summed E-state index contributed by atoms with van der Waals surface area (Å²) in [5, 5.41) is 3.49. The number of aromatic nitrogens is 1. The summed E-state index contributed by atoms with van der Waals surface area (Å²) >= 11 is 0. The Morgan fingerprint density at radius 3 is 2.28 bits per heavy atom. The molecule has 5 rings (SSSR count). The second kappa shape index (κ2) is 11.4. The van der Waals surface area contributed by atoms with Gasteiger partial charge >= 0.3 is 5.97 Å². The number of rotatable bonds is 7. The fourth-order valence-corrected chi connectivity index (χ4v) is 3.88. The first kappa shape index (κ1) is 25.4. The van der Waals surface area contributed by atoms with Crippen molar-refractivity contribution < 1.29 is 23.5 Å². The molecule has 39 heavy (non-hydrogen) atoms. The molecule has 2 aromatic heterocycles. The molecule has 8 heteroatoms. The van der Waals surface area contributed by atoms with Gasteiger partial charge in [0.1, 0.15) is 23.7 Å². The predicted octanol–water partition coefficient (Wildman–Crippen LogP) is 6.48. The van der Waals surface area contributed by atoms with E-state index in [0.717, 1.165) is 5.75 Å². The number of para-hydroxylation sites is 2. The lowest BCUT2D eigenvalue weighted by Crippen LogP contribution is -2.22. The summed E-state index contributed by atoms with van der Waals surface area (Å²) in [6.07, 6.45) is 1.61. The van der Waals surface area contributed by atoms with Gasteiger partial charge in [-0.1, -0.05) is 36.4 Å². The number of hydrogen-bond acceptors (Lipinski definition) is 7. The molecular formula is C31H25N3O5. The van der Waals surface area contributed by atoms with E-state index < -0.39 is 11.9 Å². The largest absolute Gasteiger partial charge is 0.461 e. The van der Waals surface area contributed by atoms with E-state index in [4.69, 9.17) is 13.9 Å². The molecule has 0 bridgehead atoms. The minimum Gasteiger partial charge on any atom is -0.461 e. The Hall–Kier alpha value is -5.24. The van der Waals surface area contributed by atoms with Crippen molar-refractivity contribution in [1.29, 1.82) is 0 Å².